The monoisotopic (exact) mass is 518 g/mol. The van der Waals surface area contributed by atoms with E-state index in [0.29, 0.717) is 29.2 Å². The van der Waals surface area contributed by atoms with Gasteiger partial charge in [0.05, 0.1) is 11.4 Å². The predicted octanol–water partition coefficient (Wildman–Crippen LogP) is 4.14. The molecule has 2 aromatic carbocycles. The molecule has 0 aliphatic carbocycles. The maximum absolute atomic E-state index is 13.8. The number of anilines is 1. The molecule has 2 aliphatic heterocycles. The van der Waals surface area contributed by atoms with E-state index in [1.807, 2.05) is 66.7 Å². The van der Waals surface area contributed by atoms with Crippen molar-refractivity contribution in [3.05, 3.63) is 87.6 Å². The summed E-state index contributed by atoms with van der Waals surface area (Å²) in [6, 6.07) is 17.9. The highest BCUT2D eigenvalue weighted by atomic mass is 32.1. The van der Waals surface area contributed by atoms with E-state index in [0.717, 1.165) is 24.2 Å². The van der Waals surface area contributed by atoms with Crippen LogP contribution >= 0.6 is 11.3 Å². The molecule has 2 fully saturated rings. The van der Waals surface area contributed by atoms with E-state index in [-0.39, 0.29) is 18.4 Å². The maximum Gasteiger partial charge on any atom is 0.411 e. The summed E-state index contributed by atoms with van der Waals surface area (Å²) in [5.41, 5.74) is 3.37. The number of cyclic esters (lactones) is 1. The van der Waals surface area contributed by atoms with Gasteiger partial charge in [-0.15, -0.1) is 11.3 Å². The van der Waals surface area contributed by atoms with Crippen LogP contribution in [0.5, 0.6) is 0 Å². The summed E-state index contributed by atoms with van der Waals surface area (Å²) in [4.78, 5) is 45.5. The number of benzene rings is 2. The van der Waals surface area contributed by atoms with Crippen molar-refractivity contribution < 1.29 is 19.1 Å². The topological polar surface area (TPSA) is 82.2 Å². The molecule has 2 saturated heterocycles. The molecule has 192 valence electrons. The van der Waals surface area contributed by atoms with Crippen LogP contribution in [0.25, 0.3) is 0 Å². The minimum atomic E-state index is -0.775. The zero-order valence-electron chi connectivity index (χ0n) is 20.9. The van der Waals surface area contributed by atoms with Gasteiger partial charge in [-0.05, 0) is 48.7 Å². The summed E-state index contributed by atoms with van der Waals surface area (Å²) in [6.07, 6.45) is -1.25. The second kappa shape index (κ2) is 10.7. The van der Waals surface area contributed by atoms with Crippen LogP contribution in [0.15, 0.2) is 66.0 Å². The fraction of sp³-hybridized carbons (Fsp3) is 0.321. The van der Waals surface area contributed by atoms with Crippen molar-refractivity contribution in [2.75, 3.05) is 38.5 Å². The summed E-state index contributed by atoms with van der Waals surface area (Å²) < 4.78 is 5.83. The number of carbonyl (C=O) groups is 3. The zero-order chi connectivity index (χ0) is 25.9. The molecule has 2 aliphatic rings. The summed E-state index contributed by atoms with van der Waals surface area (Å²) in [6.45, 7) is 5.08. The molecular weight excluding hydrogens is 488 g/mol. The van der Waals surface area contributed by atoms with Crippen LogP contribution in [0.1, 0.15) is 32.5 Å². The Bertz CT molecular complexity index is 1270. The standard InChI is InChI=1S/C28H30N4O4S/c1-19-5-3-6-20(17-19)18-32-24(27(34)31-14-12-30(2)13-15-31)25(36-28(32)35)21-8-10-22(11-9-21)29-26(33)23-7-4-16-37-23/h3-11,16-17,24-25H,12-15,18H2,1-2H3,(H,29,33)/t24-,25+/m0/s1. The van der Waals surface area contributed by atoms with Crippen molar-refractivity contribution in [2.45, 2.75) is 25.6 Å². The Morgan fingerprint density at radius 2 is 1.78 bits per heavy atom. The summed E-state index contributed by atoms with van der Waals surface area (Å²) >= 11 is 1.37. The van der Waals surface area contributed by atoms with E-state index in [2.05, 4.69) is 10.2 Å². The first-order chi connectivity index (χ1) is 17.9. The van der Waals surface area contributed by atoms with E-state index in [1.165, 1.54) is 11.3 Å². The van der Waals surface area contributed by atoms with Gasteiger partial charge in [0, 0.05) is 31.9 Å². The first-order valence-electron chi connectivity index (χ1n) is 12.3. The van der Waals surface area contributed by atoms with E-state index < -0.39 is 18.2 Å². The lowest BCUT2D eigenvalue weighted by Crippen LogP contribution is -2.54. The van der Waals surface area contributed by atoms with Crippen LogP contribution in [0, 0.1) is 6.92 Å². The number of thiophene rings is 1. The molecule has 37 heavy (non-hydrogen) atoms. The maximum atomic E-state index is 13.8. The molecule has 0 spiro atoms. The number of nitrogens with zero attached hydrogens (tertiary/aromatic N) is 3. The Labute approximate surface area is 220 Å². The van der Waals surface area contributed by atoms with E-state index in [9.17, 15) is 14.4 Å². The van der Waals surface area contributed by atoms with Crippen LogP contribution in [0.4, 0.5) is 10.5 Å². The van der Waals surface area contributed by atoms with Gasteiger partial charge in [0.1, 0.15) is 0 Å². The molecule has 0 unspecified atom stereocenters. The van der Waals surface area contributed by atoms with Gasteiger partial charge in [-0.3, -0.25) is 14.5 Å². The number of likely N-dealkylation sites (N-methyl/N-ethyl adjacent to an activating group) is 1. The molecule has 1 aromatic heterocycles. The van der Waals surface area contributed by atoms with Crippen molar-refractivity contribution in [2.24, 2.45) is 0 Å². The normalized spacial score (nSPS) is 20.1. The number of rotatable bonds is 6. The Morgan fingerprint density at radius 1 is 1.03 bits per heavy atom. The molecule has 2 atom stereocenters. The third-order valence-electron chi connectivity index (χ3n) is 6.83. The lowest BCUT2D eigenvalue weighted by atomic mass is 9.99. The SMILES string of the molecule is Cc1cccc(CN2C(=O)O[C@H](c3ccc(NC(=O)c4cccs4)cc3)[C@H]2C(=O)N2CCN(C)CC2)c1. The highest BCUT2D eigenvalue weighted by Crippen LogP contribution is 2.35. The van der Waals surface area contributed by atoms with E-state index in [4.69, 9.17) is 4.74 Å². The van der Waals surface area contributed by atoms with Gasteiger partial charge in [-0.1, -0.05) is 48.0 Å². The number of hydrogen-bond acceptors (Lipinski definition) is 6. The van der Waals surface area contributed by atoms with Crippen molar-refractivity contribution in [1.82, 2.24) is 14.7 Å². The van der Waals surface area contributed by atoms with Gasteiger partial charge in [0.15, 0.2) is 12.1 Å². The Balaban J connectivity index is 1.39. The Kier molecular flexibility index (Phi) is 7.25. The van der Waals surface area contributed by atoms with Gasteiger partial charge in [0.25, 0.3) is 5.91 Å². The summed E-state index contributed by atoms with van der Waals surface area (Å²) in [7, 11) is 2.04. The predicted molar refractivity (Wildman–Crippen MR) is 143 cm³/mol. The minimum absolute atomic E-state index is 0.105. The van der Waals surface area contributed by atoms with Crippen LogP contribution in [-0.2, 0) is 16.1 Å². The lowest BCUT2D eigenvalue weighted by Gasteiger charge is -2.36. The molecule has 0 saturated carbocycles. The third-order valence-corrected chi connectivity index (χ3v) is 7.70. The second-order valence-electron chi connectivity index (χ2n) is 9.55. The number of nitrogens with one attached hydrogen (secondary N) is 1. The van der Waals surface area contributed by atoms with Crippen molar-refractivity contribution >= 4 is 34.9 Å². The molecule has 1 N–H and O–H groups in total. The fourth-order valence-electron chi connectivity index (χ4n) is 4.77. The first kappa shape index (κ1) is 25.0. The van der Waals surface area contributed by atoms with Crippen molar-refractivity contribution in [3.63, 3.8) is 0 Å². The quantitative estimate of drug-likeness (QED) is 0.530. The number of aryl methyl sites for hydroxylation is 1. The van der Waals surface area contributed by atoms with Gasteiger partial charge < -0.3 is 19.9 Å². The van der Waals surface area contributed by atoms with Gasteiger partial charge in [-0.25, -0.2) is 4.79 Å². The fourth-order valence-corrected chi connectivity index (χ4v) is 5.39. The number of piperazine rings is 1. The summed E-state index contributed by atoms with van der Waals surface area (Å²) in [5, 5.41) is 4.73. The molecule has 8 nitrogen and oxygen atoms in total. The number of hydrogen-bond donors (Lipinski definition) is 1. The minimum Gasteiger partial charge on any atom is -0.438 e. The van der Waals surface area contributed by atoms with Crippen LogP contribution in [0.2, 0.25) is 0 Å². The Morgan fingerprint density at radius 3 is 2.46 bits per heavy atom. The molecule has 9 heteroatoms. The lowest BCUT2D eigenvalue weighted by molar-refractivity contribution is -0.138. The second-order valence-corrected chi connectivity index (χ2v) is 10.5. The van der Waals surface area contributed by atoms with E-state index in [1.54, 1.807) is 23.1 Å². The smallest absolute Gasteiger partial charge is 0.411 e. The molecule has 3 heterocycles. The van der Waals surface area contributed by atoms with Gasteiger partial charge in [-0.2, -0.15) is 0 Å². The number of ether oxygens (including phenoxy) is 1. The van der Waals surface area contributed by atoms with Crippen LogP contribution in [-0.4, -0.2) is 71.9 Å². The molecule has 0 radical (unpaired) electrons. The molecule has 0 bridgehead atoms. The number of amides is 3. The van der Waals surface area contributed by atoms with E-state index >= 15 is 0 Å². The Hall–Kier alpha value is -3.69. The highest BCUT2D eigenvalue weighted by molar-refractivity contribution is 7.12. The largest absolute Gasteiger partial charge is 0.438 e. The van der Waals surface area contributed by atoms with Gasteiger partial charge in [0.2, 0.25) is 5.91 Å². The number of carbonyl (C=O) groups excluding carboxylic acids is 3. The zero-order valence-corrected chi connectivity index (χ0v) is 21.7. The average Bonchev–Trinajstić information content (AvgIpc) is 3.54. The van der Waals surface area contributed by atoms with Crippen molar-refractivity contribution in [1.29, 1.82) is 0 Å². The summed E-state index contributed by atoms with van der Waals surface area (Å²) in [5.74, 6) is -0.283. The highest BCUT2D eigenvalue weighted by Gasteiger charge is 2.48. The van der Waals surface area contributed by atoms with Crippen LogP contribution < -0.4 is 5.32 Å². The average molecular weight is 519 g/mol. The van der Waals surface area contributed by atoms with Crippen LogP contribution in [0.3, 0.4) is 0 Å². The van der Waals surface area contributed by atoms with Crippen molar-refractivity contribution in [3.8, 4) is 0 Å². The molecule has 3 amide bonds. The molecular formula is C28H30N4O4S. The molecule has 5 rings (SSSR count). The van der Waals surface area contributed by atoms with Gasteiger partial charge >= 0.3 is 6.09 Å². The molecule has 3 aromatic rings. The first-order valence-corrected chi connectivity index (χ1v) is 13.2. The third kappa shape index (κ3) is 5.52.